The first-order chi connectivity index (χ1) is 14.7. The van der Waals surface area contributed by atoms with Crippen molar-refractivity contribution in [1.29, 1.82) is 0 Å². The van der Waals surface area contributed by atoms with Crippen LogP contribution in [0, 0.1) is 6.92 Å². The number of nitrogens with zero attached hydrogens (tertiary/aromatic N) is 1. The fraction of sp³-hybridized carbons (Fsp3) is 0.240. The predicted octanol–water partition coefficient (Wildman–Crippen LogP) is 5.94. The largest absolute Gasteiger partial charge is 0.489 e. The summed E-state index contributed by atoms with van der Waals surface area (Å²) in [5.41, 5.74) is 5.75. The third kappa shape index (κ3) is 5.29. The molecule has 0 saturated carbocycles. The minimum absolute atomic E-state index is 0.577. The summed E-state index contributed by atoms with van der Waals surface area (Å²) in [4.78, 5) is 8.04. The molecule has 0 amide bonds. The van der Waals surface area contributed by atoms with E-state index in [0.29, 0.717) is 6.61 Å². The van der Waals surface area contributed by atoms with Gasteiger partial charge in [0, 0.05) is 23.0 Å². The van der Waals surface area contributed by atoms with Crippen LogP contribution < -0.4 is 10.1 Å². The highest BCUT2D eigenvalue weighted by molar-refractivity contribution is 9.10. The lowest BCUT2D eigenvalue weighted by Crippen LogP contribution is -2.16. The van der Waals surface area contributed by atoms with E-state index in [-0.39, 0.29) is 0 Å². The van der Waals surface area contributed by atoms with Gasteiger partial charge in [-0.1, -0.05) is 52.3 Å². The van der Waals surface area contributed by atoms with Crippen molar-refractivity contribution in [2.24, 2.45) is 0 Å². The van der Waals surface area contributed by atoms with Gasteiger partial charge in [-0.05, 0) is 61.3 Å². The van der Waals surface area contributed by atoms with E-state index in [1.54, 1.807) is 0 Å². The van der Waals surface area contributed by atoms with Crippen molar-refractivity contribution in [2.75, 3.05) is 6.54 Å². The fourth-order valence-electron chi connectivity index (χ4n) is 3.48. The van der Waals surface area contributed by atoms with E-state index in [1.807, 2.05) is 30.3 Å². The van der Waals surface area contributed by atoms with Gasteiger partial charge in [0.2, 0.25) is 0 Å². The van der Waals surface area contributed by atoms with Crippen molar-refractivity contribution >= 4 is 27.0 Å². The zero-order valence-corrected chi connectivity index (χ0v) is 18.7. The van der Waals surface area contributed by atoms with Crippen molar-refractivity contribution in [3.63, 3.8) is 0 Å². The van der Waals surface area contributed by atoms with Gasteiger partial charge in [0.15, 0.2) is 0 Å². The SMILES string of the molecule is Cc1ccccc1COc1ccc(Br)cc1CNCCCc1nc2ccccc2[nH]1. The van der Waals surface area contributed by atoms with Crippen molar-refractivity contribution in [1.82, 2.24) is 15.3 Å². The van der Waals surface area contributed by atoms with Crippen molar-refractivity contribution in [2.45, 2.75) is 32.9 Å². The van der Waals surface area contributed by atoms with Crippen LogP contribution in [-0.4, -0.2) is 16.5 Å². The summed E-state index contributed by atoms with van der Waals surface area (Å²) in [6, 6.07) is 22.7. The highest BCUT2D eigenvalue weighted by Gasteiger charge is 2.07. The Labute approximate surface area is 185 Å². The summed E-state index contributed by atoms with van der Waals surface area (Å²) >= 11 is 3.58. The lowest BCUT2D eigenvalue weighted by Gasteiger charge is -2.14. The van der Waals surface area contributed by atoms with Gasteiger partial charge in [-0.25, -0.2) is 4.98 Å². The summed E-state index contributed by atoms with van der Waals surface area (Å²) in [6.07, 6.45) is 1.95. The molecule has 3 aromatic carbocycles. The highest BCUT2D eigenvalue weighted by atomic mass is 79.9. The van der Waals surface area contributed by atoms with Crippen LogP contribution in [0.3, 0.4) is 0 Å². The lowest BCUT2D eigenvalue weighted by atomic mass is 10.1. The number of ether oxygens (including phenoxy) is 1. The predicted molar refractivity (Wildman–Crippen MR) is 126 cm³/mol. The molecule has 0 bridgehead atoms. The van der Waals surface area contributed by atoms with Crippen LogP contribution in [0.2, 0.25) is 0 Å². The Hall–Kier alpha value is -2.63. The molecule has 4 aromatic rings. The second-order valence-electron chi connectivity index (χ2n) is 7.45. The van der Waals surface area contributed by atoms with Crippen LogP contribution in [0.15, 0.2) is 71.2 Å². The van der Waals surface area contributed by atoms with Gasteiger partial charge in [0.25, 0.3) is 0 Å². The first-order valence-corrected chi connectivity index (χ1v) is 11.1. The normalized spacial score (nSPS) is 11.1. The maximum absolute atomic E-state index is 6.14. The first kappa shape index (κ1) is 20.6. The minimum atomic E-state index is 0.577. The maximum atomic E-state index is 6.14. The number of aromatic nitrogens is 2. The van der Waals surface area contributed by atoms with Gasteiger partial charge >= 0.3 is 0 Å². The van der Waals surface area contributed by atoms with Crippen LogP contribution in [-0.2, 0) is 19.6 Å². The van der Waals surface area contributed by atoms with Gasteiger partial charge in [-0.15, -0.1) is 0 Å². The molecular formula is C25H26BrN3O. The van der Waals surface area contributed by atoms with Crippen molar-refractivity contribution in [3.05, 3.63) is 93.7 Å². The molecular weight excluding hydrogens is 438 g/mol. The molecule has 154 valence electrons. The number of para-hydroxylation sites is 2. The number of fused-ring (bicyclic) bond motifs is 1. The number of aryl methyl sites for hydroxylation is 2. The van der Waals surface area contributed by atoms with E-state index in [2.05, 4.69) is 74.5 Å². The highest BCUT2D eigenvalue weighted by Crippen LogP contribution is 2.24. The quantitative estimate of drug-likeness (QED) is 0.302. The van der Waals surface area contributed by atoms with E-state index in [0.717, 1.165) is 58.6 Å². The van der Waals surface area contributed by atoms with Crippen LogP contribution >= 0.6 is 15.9 Å². The van der Waals surface area contributed by atoms with Gasteiger partial charge in [-0.3, -0.25) is 0 Å². The molecule has 4 rings (SSSR count). The minimum Gasteiger partial charge on any atom is -0.489 e. The number of rotatable bonds is 9. The number of hydrogen-bond donors (Lipinski definition) is 2. The second kappa shape index (κ2) is 9.92. The Balaban J connectivity index is 1.29. The maximum Gasteiger partial charge on any atom is 0.124 e. The molecule has 2 N–H and O–H groups in total. The summed E-state index contributed by atoms with van der Waals surface area (Å²) in [6.45, 7) is 4.38. The average molecular weight is 464 g/mol. The second-order valence-corrected chi connectivity index (χ2v) is 8.36. The number of hydrogen-bond acceptors (Lipinski definition) is 3. The Morgan fingerprint density at radius 1 is 1.00 bits per heavy atom. The molecule has 0 aliphatic rings. The molecule has 0 aliphatic carbocycles. The molecule has 4 nitrogen and oxygen atoms in total. The zero-order valence-electron chi connectivity index (χ0n) is 17.1. The Kier molecular flexibility index (Phi) is 6.82. The summed E-state index contributed by atoms with van der Waals surface area (Å²) < 4.78 is 7.20. The Morgan fingerprint density at radius 2 is 1.83 bits per heavy atom. The van der Waals surface area contributed by atoms with Crippen molar-refractivity contribution < 1.29 is 4.74 Å². The zero-order chi connectivity index (χ0) is 20.8. The van der Waals surface area contributed by atoms with Gasteiger partial charge in [0.05, 0.1) is 11.0 Å². The molecule has 0 unspecified atom stereocenters. The topological polar surface area (TPSA) is 49.9 Å². The fourth-order valence-corrected chi connectivity index (χ4v) is 3.89. The monoisotopic (exact) mass is 463 g/mol. The smallest absolute Gasteiger partial charge is 0.124 e. The Morgan fingerprint density at radius 3 is 2.70 bits per heavy atom. The molecule has 0 aliphatic heterocycles. The molecule has 30 heavy (non-hydrogen) atoms. The van der Waals surface area contributed by atoms with E-state index in [9.17, 15) is 0 Å². The summed E-state index contributed by atoms with van der Waals surface area (Å²) in [7, 11) is 0. The van der Waals surface area contributed by atoms with Crippen LogP contribution in [0.5, 0.6) is 5.75 Å². The molecule has 0 radical (unpaired) electrons. The molecule has 5 heteroatoms. The van der Waals surface area contributed by atoms with E-state index >= 15 is 0 Å². The number of halogens is 1. The van der Waals surface area contributed by atoms with E-state index in [4.69, 9.17) is 4.74 Å². The first-order valence-electron chi connectivity index (χ1n) is 10.3. The third-order valence-corrected chi connectivity index (χ3v) is 5.68. The van der Waals surface area contributed by atoms with Gasteiger partial charge in [0.1, 0.15) is 18.2 Å². The molecule has 0 atom stereocenters. The number of benzene rings is 3. The molecule has 1 aromatic heterocycles. The number of aromatic amines is 1. The molecule has 0 saturated heterocycles. The van der Waals surface area contributed by atoms with Crippen LogP contribution in [0.25, 0.3) is 11.0 Å². The third-order valence-electron chi connectivity index (χ3n) is 5.19. The average Bonchev–Trinajstić information content (AvgIpc) is 3.17. The standard InChI is InChI=1S/C25H26BrN3O/c1-18-7-2-3-8-19(18)17-30-24-13-12-21(26)15-20(24)16-27-14-6-11-25-28-22-9-4-5-10-23(22)29-25/h2-5,7-10,12-13,15,27H,6,11,14,16-17H2,1H3,(H,28,29). The number of H-pyrrole nitrogens is 1. The summed E-state index contributed by atoms with van der Waals surface area (Å²) in [5.74, 6) is 1.97. The molecule has 1 heterocycles. The summed E-state index contributed by atoms with van der Waals surface area (Å²) in [5, 5.41) is 3.54. The number of nitrogens with one attached hydrogen (secondary N) is 2. The molecule has 0 spiro atoms. The van der Waals surface area contributed by atoms with E-state index < -0.39 is 0 Å². The van der Waals surface area contributed by atoms with Gasteiger partial charge < -0.3 is 15.0 Å². The number of imidazole rings is 1. The van der Waals surface area contributed by atoms with Gasteiger partial charge in [-0.2, -0.15) is 0 Å². The molecule has 0 fully saturated rings. The van der Waals surface area contributed by atoms with E-state index in [1.165, 1.54) is 11.1 Å². The van der Waals surface area contributed by atoms with Crippen LogP contribution in [0.4, 0.5) is 0 Å². The Bertz CT molecular complexity index is 1090. The van der Waals surface area contributed by atoms with Crippen molar-refractivity contribution in [3.8, 4) is 5.75 Å². The lowest BCUT2D eigenvalue weighted by molar-refractivity contribution is 0.301. The van der Waals surface area contributed by atoms with Crippen LogP contribution in [0.1, 0.15) is 28.9 Å².